The van der Waals surface area contributed by atoms with Crippen LogP contribution in [0.1, 0.15) is 55.6 Å². The van der Waals surface area contributed by atoms with E-state index in [0.717, 1.165) is 43.6 Å². The Bertz CT molecular complexity index is 974. The minimum atomic E-state index is -3.52. The monoisotopic (exact) mass is 420 g/mol. The zero-order valence-corrected chi connectivity index (χ0v) is 17.4. The molecule has 0 unspecified atom stereocenters. The molecule has 0 atom stereocenters. The number of benzene rings is 2. The predicted molar refractivity (Wildman–Crippen MR) is 107 cm³/mol. The first-order chi connectivity index (χ1) is 13.7. The highest BCUT2D eigenvalue weighted by Gasteiger charge is 2.40. The molecule has 0 amide bonds. The van der Waals surface area contributed by atoms with Crippen LogP contribution in [0.2, 0.25) is 0 Å². The molecule has 0 heterocycles. The molecule has 2 aromatic rings. The van der Waals surface area contributed by atoms with Gasteiger partial charge in [0.15, 0.2) is 9.84 Å². The third kappa shape index (κ3) is 4.69. The summed E-state index contributed by atoms with van der Waals surface area (Å²) in [7, 11) is -3.52. The fourth-order valence-corrected chi connectivity index (χ4v) is 4.94. The zero-order chi connectivity index (χ0) is 20.6. The van der Waals surface area contributed by atoms with Gasteiger partial charge in [0.2, 0.25) is 0 Å². The second-order valence-electron chi connectivity index (χ2n) is 8.52. The van der Waals surface area contributed by atoms with Crippen molar-refractivity contribution >= 4 is 9.84 Å². The van der Waals surface area contributed by atoms with E-state index in [1.165, 1.54) is 18.2 Å². The topological polar surface area (TPSA) is 43.4 Å². The molecule has 6 heteroatoms. The van der Waals surface area contributed by atoms with Crippen LogP contribution >= 0.6 is 0 Å². The molecule has 3 nitrogen and oxygen atoms in total. The van der Waals surface area contributed by atoms with Crippen LogP contribution < -0.4 is 0 Å². The van der Waals surface area contributed by atoms with Crippen LogP contribution in [-0.4, -0.2) is 21.3 Å². The van der Waals surface area contributed by atoms with Crippen LogP contribution in [0, 0.1) is 17.6 Å². The van der Waals surface area contributed by atoms with E-state index >= 15 is 0 Å². The molecule has 0 radical (unpaired) electrons. The summed E-state index contributed by atoms with van der Waals surface area (Å²) in [6.07, 6.45) is 6.37. The number of halogens is 2. The van der Waals surface area contributed by atoms with Crippen LogP contribution in [0.3, 0.4) is 0 Å². The largest absolute Gasteiger partial charge is 0.370 e. The predicted octanol–water partition coefficient (Wildman–Crippen LogP) is 5.35. The quantitative estimate of drug-likeness (QED) is 0.633. The van der Waals surface area contributed by atoms with Crippen LogP contribution in [0.25, 0.3) is 0 Å². The summed E-state index contributed by atoms with van der Waals surface area (Å²) >= 11 is 0. The molecule has 0 bridgehead atoms. The van der Waals surface area contributed by atoms with Gasteiger partial charge in [-0.3, -0.25) is 0 Å². The van der Waals surface area contributed by atoms with Gasteiger partial charge in [-0.1, -0.05) is 12.1 Å². The lowest BCUT2D eigenvalue weighted by atomic mass is 9.73. The Labute approximate surface area is 171 Å². The van der Waals surface area contributed by atoms with E-state index < -0.39 is 21.3 Å². The number of hydrogen-bond donors (Lipinski definition) is 0. The van der Waals surface area contributed by atoms with Gasteiger partial charge in [0.1, 0.15) is 11.6 Å². The van der Waals surface area contributed by atoms with Gasteiger partial charge < -0.3 is 4.74 Å². The summed E-state index contributed by atoms with van der Waals surface area (Å²) < 4.78 is 58.0. The lowest BCUT2D eigenvalue weighted by Gasteiger charge is -2.41. The summed E-state index contributed by atoms with van der Waals surface area (Å²) in [6.45, 7) is 0.617. The maximum atomic E-state index is 14.3. The molecule has 0 saturated heterocycles. The molecule has 0 aromatic heterocycles. The molecule has 2 aromatic carbocycles. The molecule has 2 fully saturated rings. The van der Waals surface area contributed by atoms with Crippen molar-refractivity contribution in [3.05, 3.63) is 65.2 Å². The first kappa shape index (κ1) is 20.5. The minimum Gasteiger partial charge on any atom is -0.370 e. The highest BCUT2D eigenvalue weighted by molar-refractivity contribution is 7.90. The molecule has 29 heavy (non-hydrogen) atoms. The van der Waals surface area contributed by atoms with Gasteiger partial charge >= 0.3 is 0 Å². The summed E-state index contributed by atoms with van der Waals surface area (Å²) in [5, 5.41) is 0. The lowest BCUT2D eigenvalue weighted by Crippen LogP contribution is -2.35. The van der Waals surface area contributed by atoms with Gasteiger partial charge in [-0.15, -0.1) is 0 Å². The normalized spacial score (nSPS) is 25.1. The molecule has 2 saturated carbocycles. The maximum Gasteiger partial charge on any atom is 0.175 e. The summed E-state index contributed by atoms with van der Waals surface area (Å²) in [5.74, 6) is 0.0264. The van der Waals surface area contributed by atoms with Crippen molar-refractivity contribution in [3.8, 4) is 0 Å². The molecular weight excluding hydrogens is 394 g/mol. The van der Waals surface area contributed by atoms with Crippen molar-refractivity contribution in [2.45, 2.75) is 54.9 Å². The van der Waals surface area contributed by atoms with Crippen LogP contribution in [0.15, 0.2) is 47.4 Å². The smallest absolute Gasteiger partial charge is 0.175 e. The standard InChI is InChI=1S/C23H26F2O3S/c1-29(26,27)22-13-19(12-21(25)14-22)23(28-15-16-2-3-16)10-8-18(9-11-23)17-4-6-20(24)7-5-17/h4-7,12-14,16,18H,2-3,8-11,15H2,1H3. The second kappa shape index (κ2) is 7.80. The van der Waals surface area contributed by atoms with Crippen molar-refractivity contribution in [2.24, 2.45) is 5.92 Å². The number of sulfone groups is 1. The van der Waals surface area contributed by atoms with E-state index in [1.54, 1.807) is 6.07 Å². The highest BCUT2D eigenvalue weighted by atomic mass is 32.2. The Morgan fingerprint density at radius 3 is 2.21 bits per heavy atom. The number of ether oxygens (including phenoxy) is 1. The van der Waals surface area contributed by atoms with E-state index in [-0.39, 0.29) is 16.6 Å². The Morgan fingerprint density at radius 2 is 1.62 bits per heavy atom. The first-order valence-electron chi connectivity index (χ1n) is 10.2. The number of rotatable bonds is 6. The van der Waals surface area contributed by atoms with Gasteiger partial charge in [0, 0.05) is 6.26 Å². The van der Waals surface area contributed by atoms with Crippen molar-refractivity contribution < 1.29 is 21.9 Å². The van der Waals surface area contributed by atoms with Crippen molar-refractivity contribution in [1.82, 2.24) is 0 Å². The van der Waals surface area contributed by atoms with Crippen LogP contribution in [0.5, 0.6) is 0 Å². The Hall–Kier alpha value is -1.79. The highest BCUT2D eigenvalue weighted by Crippen LogP contribution is 2.47. The SMILES string of the molecule is CS(=O)(=O)c1cc(F)cc(C2(OCC3CC3)CCC(c3ccc(F)cc3)CC2)c1. The summed E-state index contributed by atoms with van der Waals surface area (Å²) in [4.78, 5) is -0.0115. The third-order valence-electron chi connectivity index (χ3n) is 6.25. The average molecular weight is 421 g/mol. The molecule has 0 aliphatic heterocycles. The number of hydrogen-bond acceptors (Lipinski definition) is 3. The van der Waals surface area contributed by atoms with Gasteiger partial charge in [-0.05, 0) is 91.8 Å². The van der Waals surface area contributed by atoms with E-state index in [0.29, 0.717) is 30.9 Å². The van der Waals surface area contributed by atoms with E-state index in [9.17, 15) is 17.2 Å². The van der Waals surface area contributed by atoms with Gasteiger partial charge in [-0.25, -0.2) is 17.2 Å². The molecule has 4 rings (SSSR count). The van der Waals surface area contributed by atoms with Crippen molar-refractivity contribution in [3.63, 3.8) is 0 Å². The molecule has 2 aliphatic rings. The van der Waals surface area contributed by atoms with Gasteiger partial charge in [0.05, 0.1) is 17.1 Å². The molecule has 0 spiro atoms. The van der Waals surface area contributed by atoms with Crippen LogP contribution in [-0.2, 0) is 20.2 Å². The summed E-state index contributed by atoms with van der Waals surface area (Å²) in [5.41, 5.74) is 1.02. The lowest BCUT2D eigenvalue weighted by molar-refractivity contribution is -0.0836. The Balaban J connectivity index is 1.62. The molecule has 156 valence electrons. The molecule has 0 N–H and O–H groups in total. The van der Waals surface area contributed by atoms with Crippen LogP contribution in [0.4, 0.5) is 8.78 Å². The van der Waals surface area contributed by atoms with E-state index in [2.05, 4.69) is 0 Å². The fraction of sp³-hybridized carbons (Fsp3) is 0.478. The zero-order valence-electron chi connectivity index (χ0n) is 16.5. The third-order valence-corrected chi connectivity index (χ3v) is 7.34. The fourth-order valence-electron chi connectivity index (χ4n) is 4.27. The Kier molecular flexibility index (Phi) is 5.51. The first-order valence-corrected chi connectivity index (χ1v) is 12.0. The van der Waals surface area contributed by atoms with Gasteiger partial charge in [-0.2, -0.15) is 0 Å². The molecule has 2 aliphatic carbocycles. The second-order valence-corrected chi connectivity index (χ2v) is 10.5. The van der Waals surface area contributed by atoms with Crippen molar-refractivity contribution in [1.29, 1.82) is 0 Å². The van der Waals surface area contributed by atoms with Crippen molar-refractivity contribution in [2.75, 3.05) is 12.9 Å². The van der Waals surface area contributed by atoms with E-state index in [4.69, 9.17) is 4.74 Å². The average Bonchev–Trinajstić information content (AvgIpc) is 3.51. The molecular formula is C23H26F2O3S. The maximum absolute atomic E-state index is 14.3. The summed E-state index contributed by atoms with van der Waals surface area (Å²) in [6, 6.07) is 10.7. The minimum absolute atomic E-state index is 0.0115. The van der Waals surface area contributed by atoms with E-state index in [1.807, 2.05) is 12.1 Å². The Morgan fingerprint density at radius 1 is 0.966 bits per heavy atom. The van der Waals surface area contributed by atoms with Gasteiger partial charge in [0.25, 0.3) is 0 Å².